The van der Waals surface area contributed by atoms with Crippen molar-refractivity contribution in [3.05, 3.63) is 0 Å². The van der Waals surface area contributed by atoms with Crippen LogP contribution in [0.4, 0.5) is 0 Å². The smallest absolute Gasteiger partial charge is 0.264 e. The van der Waals surface area contributed by atoms with Crippen LogP contribution in [0.5, 0.6) is 0 Å². The van der Waals surface area contributed by atoms with Crippen LogP contribution < -0.4 is 0 Å². The van der Waals surface area contributed by atoms with Gasteiger partial charge in [-0.1, -0.05) is 0 Å². The Hall–Kier alpha value is -0.390. The highest BCUT2D eigenvalue weighted by molar-refractivity contribution is 7.86. The Morgan fingerprint density at radius 3 is 1.77 bits per heavy atom. The number of hydrogen-bond acceptors (Lipinski definition) is 12. The van der Waals surface area contributed by atoms with Crippen LogP contribution in [0, 0.1) is 0 Å². The Kier molecular flexibility index (Phi) is 6.68. The summed E-state index contributed by atoms with van der Waals surface area (Å²) in [5.41, 5.74) is 0. The fraction of sp³-hybridized carbons (Fsp3) is 1.00. The van der Waals surface area contributed by atoms with Gasteiger partial charge in [-0.2, -0.15) is 25.3 Å². The average molecular weight is 440 g/mol. The monoisotopic (exact) mass is 440 g/mol. The molecule has 4 atom stereocenters. The van der Waals surface area contributed by atoms with Gasteiger partial charge in [-0.25, -0.2) is 0 Å². The van der Waals surface area contributed by atoms with Gasteiger partial charge in [0.2, 0.25) is 0 Å². The van der Waals surface area contributed by atoms with Crippen molar-refractivity contribution >= 4 is 30.4 Å². The molecule has 0 aromatic heterocycles. The van der Waals surface area contributed by atoms with Crippen molar-refractivity contribution in [1.29, 1.82) is 0 Å². The Labute approximate surface area is 152 Å². The van der Waals surface area contributed by atoms with Gasteiger partial charge in [-0.3, -0.25) is 12.5 Å². The minimum absolute atomic E-state index is 0.207. The van der Waals surface area contributed by atoms with Crippen molar-refractivity contribution in [2.24, 2.45) is 0 Å². The van der Waals surface area contributed by atoms with E-state index < -0.39 is 67.7 Å². The van der Waals surface area contributed by atoms with E-state index in [-0.39, 0.29) is 13.2 Å². The predicted octanol–water partition coefficient (Wildman–Crippen LogP) is -2.21. The second-order valence-corrected chi connectivity index (χ2v) is 10.6. The molecule has 2 fully saturated rings. The topological polar surface area (TPSA) is 158 Å². The van der Waals surface area contributed by atoms with Gasteiger partial charge in [-0.15, -0.1) is 0 Å². The molecule has 15 heteroatoms. The Morgan fingerprint density at radius 1 is 0.808 bits per heavy atom. The van der Waals surface area contributed by atoms with Gasteiger partial charge in [0, 0.05) is 0 Å². The minimum atomic E-state index is -4.07. The molecule has 0 radical (unpaired) electrons. The highest BCUT2D eigenvalue weighted by atomic mass is 32.2. The van der Waals surface area contributed by atoms with E-state index in [0.29, 0.717) is 0 Å². The SMILES string of the molecule is CS(=O)(=O)OC[C@H]1O[C@@H](C2OCCO2)[C@@H](OS(C)(=O)=O)[C@@H]1OS(C)(=O)=O. The van der Waals surface area contributed by atoms with E-state index in [0.717, 1.165) is 18.8 Å². The van der Waals surface area contributed by atoms with E-state index in [1.807, 2.05) is 0 Å². The zero-order valence-corrected chi connectivity index (χ0v) is 16.6. The van der Waals surface area contributed by atoms with Gasteiger partial charge >= 0.3 is 0 Å². The van der Waals surface area contributed by atoms with Crippen molar-refractivity contribution < 1.29 is 52.0 Å². The lowest BCUT2D eigenvalue weighted by Gasteiger charge is -2.24. The molecule has 0 N–H and O–H groups in total. The first-order valence-corrected chi connectivity index (χ1v) is 12.7. The summed E-state index contributed by atoms with van der Waals surface area (Å²) in [6, 6.07) is 0. The van der Waals surface area contributed by atoms with Crippen molar-refractivity contribution in [1.82, 2.24) is 0 Å². The van der Waals surface area contributed by atoms with Crippen LogP contribution in [0.15, 0.2) is 0 Å². The largest absolute Gasteiger partial charge is 0.361 e. The second kappa shape index (κ2) is 7.92. The molecular weight excluding hydrogens is 420 g/mol. The summed E-state index contributed by atoms with van der Waals surface area (Å²) in [5.74, 6) is 0. The molecule has 0 unspecified atom stereocenters. The highest BCUT2D eigenvalue weighted by Gasteiger charge is 2.54. The predicted molar refractivity (Wildman–Crippen MR) is 84.6 cm³/mol. The Morgan fingerprint density at radius 2 is 1.31 bits per heavy atom. The van der Waals surface area contributed by atoms with Crippen LogP contribution in [-0.4, -0.2) is 94.5 Å². The lowest BCUT2D eigenvalue weighted by molar-refractivity contribution is -0.156. The lowest BCUT2D eigenvalue weighted by Crippen LogP contribution is -2.44. The van der Waals surface area contributed by atoms with Crippen LogP contribution in [0.3, 0.4) is 0 Å². The summed E-state index contributed by atoms with van der Waals surface area (Å²) in [7, 11) is -12.0. The van der Waals surface area contributed by atoms with E-state index in [1.165, 1.54) is 0 Å². The summed E-state index contributed by atoms with van der Waals surface area (Å²) >= 11 is 0. The third-order valence-corrected chi connectivity index (χ3v) is 4.99. The zero-order valence-electron chi connectivity index (χ0n) is 14.1. The van der Waals surface area contributed by atoms with Crippen molar-refractivity contribution in [3.63, 3.8) is 0 Å². The molecule has 2 saturated heterocycles. The van der Waals surface area contributed by atoms with Gasteiger partial charge in [0.05, 0.1) is 38.6 Å². The van der Waals surface area contributed by atoms with Crippen LogP contribution >= 0.6 is 0 Å². The molecule has 0 bridgehead atoms. The minimum Gasteiger partial charge on any atom is -0.361 e. The summed E-state index contributed by atoms with van der Waals surface area (Å²) < 4.78 is 99.3. The standard InChI is InChI=1S/C11H20O12S3/c1-24(12,13)20-6-7-8(22-25(2,14)15)9(23-26(3,16)17)10(21-7)11-18-4-5-19-11/h7-11H,4-6H2,1-3H3/t7-,8-,9+,10-/m1/s1. The van der Waals surface area contributed by atoms with Crippen molar-refractivity contribution in [2.75, 3.05) is 38.6 Å². The molecule has 2 aliphatic heterocycles. The normalized spacial score (nSPS) is 31.5. The van der Waals surface area contributed by atoms with E-state index >= 15 is 0 Å². The first-order valence-electron chi connectivity index (χ1n) is 7.25. The molecule has 154 valence electrons. The van der Waals surface area contributed by atoms with Gasteiger partial charge in [0.1, 0.15) is 24.4 Å². The van der Waals surface area contributed by atoms with Gasteiger partial charge in [0.15, 0.2) is 6.29 Å². The first kappa shape index (κ1) is 21.9. The van der Waals surface area contributed by atoms with Crippen LogP contribution in [-0.2, 0) is 57.1 Å². The molecule has 2 rings (SSSR count). The number of hydrogen-bond donors (Lipinski definition) is 0. The van der Waals surface area contributed by atoms with Crippen LogP contribution in [0.25, 0.3) is 0 Å². The number of rotatable bonds is 8. The van der Waals surface area contributed by atoms with Gasteiger partial charge in [0.25, 0.3) is 30.4 Å². The summed E-state index contributed by atoms with van der Waals surface area (Å²) in [5, 5.41) is 0. The summed E-state index contributed by atoms with van der Waals surface area (Å²) in [6.45, 7) is -0.206. The number of ether oxygens (including phenoxy) is 3. The molecule has 0 spiro atoms. The van der Waals surface area contributed by atoms with E-state index in [2.05, 4.69) is 4.18 Å². The zero-order chi connectivity index (χ0) is 19.8. The molecule has 0 aliphatic carbocycles. The van der Waals surface area contributed by atoms with Crippen LogP contribution in [0.2, 0.25) is 0 Å². The van der Waals surface area contributed by atoms with E-state index in [1.54, 1.807) is 0 Å². The lowest BCUT2D eigenvalue weighted by atomic mass is 10.1. The fourth-order valence-electron chi connectivity index (χ4n) is 2.50. The highest BCUT2D eigenvalue weighted by Crippen LogP contribution is 2.33. The van der Waals surface area contributed by atoms with E-state index in [9.17, 15) is 25.3 Å². The molecule has 2 aliphatic rings. The first-order chi connectivity index (χ1) is 11.8. The molecular formula is C11H20O12S3. The maximum Gasteiger partial charge on any atom is 0.264 e. The van der Waals surface area contributed by atoms with Gasteiger partial charge in [-0.05, 0) is 0 Å². The Balaban J connectivity index is 2.33. The molecule has 0 amide bonds. The molecule has 0 aromatic rings. The van der Waals surface area contributed by atoms with Crippen LogP contribution in [0.1, 0.15) is 0 Å². The summed E-state index contributed by atoms with van der Waals surface area (Å²) in [6.07, 6.45) is -4.17. The quantitative estimate of drug-likeness (QED) is 0.375. The second-order valence-electron chi connectivity index (χ2n) is 5.77. The fourth-order valence-corrected chi connectivity index (χ4v) is 4.14. The molecule has 0 saturated carbocycles. The third kappa shape index (κ3) is 6.65. The molecule has 12 nitrogen and oxygen atoms in total. The molecule has 0 aromatic carbocycles. The van der Waals surface area contributed by atoms with E-state index in [4.69, 9.17) is 22.6 Å². The maximum atomic E-state index is 11.6. The maximum absolute atomic E-state index is 11.6. The third-order valence-electron chi connectivity index (χ3n) is 3.28. The Bertz CT molecular complexity index is 795. The van der Waals surface area contributed by atoms with Gasteiger partial charge < -0.3 is 14.2 Å². The molecule has 2 heterocycles. The average Bonchev–Trinajstić information content (AvgIpc) is 3.02. The van der Waals surface area contributed by atoms with Crippen molar-refractivity contribution in [2.45, 2.75) is 30.7 Å². The summed E-state index contributed by atoms with van der Waals surface area (Å²) in [4.78, 5) is 0. The van der Waals surface area contributed by atoms with Crippen molar-refractivity contribution in [3.8, 4) is 0 Å². The molecule has 26 heavy (non-hydrogen) atoms.